The number of rotatable bonds is 5. The molecule has 18 heavy (non-hydrogen) atoms. The van der Waals surface area contributed by atoms with Gasteiger partial charge < -0.3 is 4.90 Å². The summed E-state index contributed by atoms with van der Waals surface area (Å²) in [5.74, 6) is 0.328. The molecular weight excluding hydrogens is 239 g/mol. The summed E-state index contributed by atoms with van der Waals surface area (Å²) in [4.78, 5) is 2.09. The van der Waals surface area contributed by atoms with Crippen molar-refractivity contribution in [3.63, 3.8) is 0 Å². The highest BCUT2D eigenvalue weighted by molar-refractivity contribution is 5.27. The highest BCUT2D eigenvalue weighted by atomic mass is 19.4. The predicted molar refractivity (Wildman–Crippen MR) is 67.6 cm³/mol. The Morgan fingerprint density at radius 3 is 2.06 bits per heavy atom. The lowest BCUT2D eigenvalue weighted by atomic mass is 9.92. The Bertz CT molecular complexity index is 354. The maximum Gasteiger partial charge on any atom is 0.416 e. The van der Waals surface area contributed by atoms with E-state index in [1.54, 1.807) is 12.1 Å². The maximum absolute atomic E-state index is 12.4. The van der Waals surface area contributed by atoms with Gasteiger partial charge >= 0.3 is 6.18 Å². The maximum atomic E-state index is 12.4. The third-order valence-electron chi connectivity index (χ3n) is 3.13. The Labute approximate surface area is 107 Å². The zero-order valence-electron chi connectivity index (χ0n) is 11.1. The van der Waals surface area contributed by atoms with E-state index in [0.717, 1.165) is 24.9 Å². The van der Waals surface area contributed by atoms with Gasteiger partial charge in [0.15, 0.2) is 0 Å². The summed E-state index contributed by atoms with van der Waals surface area (Å²) < 4.78 is 37.3. The van der Waals surface area contributed by atoms with E-state index in [2.05, 4.69) is 11.8 Å². The second-order valence-electron chi connectivity index (χ2n) is 4.82. The number of nitrogens with zero attached hydrogens (tertiary/aromatic N) is 1. The van der Waals surface area contributed by atoms with E-state index in [-0.39, 0.29) is 0 Å². The number of benzene rings is 1. The molecule has 0 fully saturated rings. The fraction of sp³-hybridized carbons (Fsp3) is 0.571. The Kier molecular flexibility index (Phi) is 5.20. The normalized spacial score (nSPS) is 13.9. The van der Waals surface area contributed by atoms with Crippen LogP contribution in [0.2, 0.25) is 0 Å². The lowest BCUT2D eigenvalue weighted by molar-refractivity contribution is -0.137. The third-order valence-corrected chi connectivity index (χ3v) is 3.13. The molecule has 102 valence electrons. The van der Waals surface area contributed by atoms with Crippen molar-refractivity contribution < 1.29 is 13.2 Å². The molecule has 0 aromatic heterocycles. The van der Waals surface area contributed by atoms with Gasteiger partial charge in [0.25, 0.3) is 0 Å². The first-order chi connectivity index (χ1) is 8.34. The van der Waals surface area contributed by atoms with Crippen molar-refractivity contribution in [3.05, 3.63) is 35.4 Å². The SMILES string of the molecule is CCC(CCN(C)C)c1ccc(C(F)(F)F)cc1. The molecule has 1 aromatic carbocycles. The number of alkyl halides is 3. The highest BCUT2D eigenvalue weighted by Crippen LogP contribution is 2.31. The van der Waals surface area contributed by atoms with E-state index in [9.17, 15) is 13.2 Å². The van der Waals surface area contributed by atoms with Gasteiger partial charge in [0.05, 0.1) is 5.56 Å². The lowest BCUT2D eigenvalue weighted by Gasteiger charge is -2.18. The van der Waals surface area contributed by atoms with E-state index in [1.165, 1.54) is 12.1 Å². The van der Waals surface area contributed by atoms with Crippen molar-refractivity contribution in [2.45, 2.75) is 31.9 Å². The van der Waals surface area contributed by atoms with Crippen LogP contribution in [0.5, 0.6) is 0 Å². The predicted octanol–water partition coefficient (Wildman–Crippen LogP) is 4.15. The molecule has 0 bridgehead atoms. The molecule has 1 rings (SSSR count). The van der Waals surface area contributed by atoms with Crippen molar-refractivity contribution in [2.24, 2.45) is 0 Å². The minimum absolute atomic E-state index is 0.328. The first kappa shape index (κ1) is 15.0. The van der Waals surface area contributed by atoms with Gasteiger partial charge in [-0.2, -0.15) is 13.2 Å². The van der Waals surface area contributed by atoms with E-state index in [4.69, 9.17) is 0 Å². The number of halogens is 3. The van der Waals surface area contributed by atoms with Crippen LogP contribution in [-0.4, -0.2) is 25.5 Å². The van der Waals surface area contributed by atoms with Crippen LogP contribution in [0.3, 0.4) is 0 Å². The Hall–Kier alpha value is -1.03. The molecular formula is C14H20F3N. The summed E-state index contributed by atoms with van der Waals surface area (Å²) in [6.45, 7) is 3.01. The van der Waals surface area contributed by atoms with Crippen LogP contribution in [0.15, 0.2) is 24.3 Å². The number of hydrogen-bond donors (Lipinski definition) is 0. The van der Waals surface area contributed by atoms with Gasteiger partial charge in [-0.25, -0.2) is 0 Å². The molecule has 1 unspecified atom stereocenters. The average molecular weight is 259 g/mol. The summed E-state index contributed by atoms with van der Waals surface area (Å²) >= 11 is 0. The quantitative estimate of drug-likeness (QED) is 0.767. The first-order valence-corrected chi connectivity index (χ1v) is 6.16. The Morgan fingerprint density at radius 1 is 1.11 bits per heavy atom. The molecule has 0 spiro atoms. The van der Waals surface area contributed by atoms with Crippen LogP contribution in [0, 0.1) is 0 Å². The fourth-order valence-electron chi connectivity index (χ4n) is 1.96. The van der Waals surface area contributed by atoms with Crippen molar-refractivity contribution >= 4 is 0 Å². The molecule has 0 heterocycles. The first-order valence-electron chi connectivity index (χ1n) is 6.16. The lowest BCUT2D eigenvalue weighted by Crippen LogP contribution is -2.16. The van der Waals surface area contributed by atoms with Crippen LogP contribution in [0.1, 0.15) is 36.8 Å². The minimum atomic E-state index is -4.25. The molecule has 0 saturated heterocycles. The van der Waals surface area contributed by atoms with Crippen LogP contribution in [0.4, 0.5) is 13.2 Å². The molecule has 0 radical (unpaired) electrons. The van der Waals surface area contributed by atoms with Crippen LogP contribution < -0.4 is 0 Å². The van der Waals surface area contributed by atoms with Crippen LogP contribution in [0.25, 0.3) is 0 Å². The summed E-state index contributed by atoms with van der Waals surface area (Å²) in [7, 11) is 4.00. The molecule has 1 nitrogen and oxygen atoms in total. The Balaban J connectivity index is 2.76. The largest absolute Gasteiger partial charge is 0.416 e. The second kappa shape index (κ2) is 6.23. The molecule has 0 amide bonds. The minimum Gasteiger partial charge on any atom is -0.309 e. The smallest absolute Gasteiger partial charge is 0.309 e. The van der Waals surface area contributed by atoms with Gasteiger partial charge in [-0.05, 0) is 57.1 Å². The third kappa shape index (κ3) is 4.33. The van der Waals surface area contributed by atoms with Gasteiger partial charge in [0.1, 0.15) is 0 Å². The molecule has 0 N–H and O–H groups in total. The van der Waals surface area contributed by atoms with Gasteiger partial charge in [-0.1, -0.05) is 19.1 Å². The fourth-order valence-corrected chi connectivity index (χ4v) is 1.96. The molecule has 4 heteroatoms. The number of hydrogen-bond acceptors (Lipinski definition) is 1. The highest BCUT2D eigenvalue weighted by Gasteiger charge is 2.30. The van der Waals surface area contributed by atoms with Crippen molar-refractivity contribution in [2.75, 3.05) is 20.6 Å². The zero-order chi connectivity index (χ0) is 13.8. The zero-order valence-corrected chi connectivity index (χ0v) is 11.1. The standard InChI is InChI=1S/C14H20F3N/c1-4-11(9-10-18(2)3)12-5-7-13(8-6-12)14(15,16)17/h5-8,11H,4,9-10H2,1-3H3. The molecule has 0 saturated carbocycles. The Morgan fingerprint density at radius 2 is 1.67 bits per heavy atom. The molecule has 0 aliphatic rings. The summed E-state index contributed by atoms with van der Waals surface area (Å²) in [6, 6.07) is 5.56. The van der Waals surface area contributed by atoms with E-state index >= 15 is 0 Å². The summed E-state index contributed by atoms with van der Waals surface area (Å²) in [5.41, 5.74) is 0.418. The summed E-state index contributed by atoms with van der Waals surface area (Å²) in [6.07, 6.45) is -2.34. The van der Waals surface area contributed by atoms with Crippen molar-refractivity contribution in [3.8, 4) is 0 Å². The van der Waals surface area contributed by atoms with Gasteiger partial charge in [-0.15, -0.1) is 0 Å². The average Bonchev–Trinajstić information content (AvgIpc) is 2.29. The second-order valence-corrected chi connectivity index (χ2v) is 4.82. The van der Waals surface area contributed by atoms with Crippen molar-refractivity contribution in [1.29, 1.82) is 0 Å². The van der Waals surface area contributed by atoms with Crippen LogP contribution >= 0.6 is 0 Å². The van der Waals surface area contributed by atoms with Gasteiger partial charge in [0, 0.05) is 0 Å². The van der Waals surface area contributed by atoms with Gasteiger partial charge in [0.2, 0.25) is 0 Å². The molecule has 1 aromatic rings. The van der Waals surface area contributed by atoms with E-state index in [1.807, 2.05) is 14.1 Å². The molecule has 0 aliphatic carbocycles. The van der Waals surface area contributed by atoms with E-state index in [0.29, 0.717) is 5.92 Å². The molecule has 1 atom stereocenters. The molecule has 0 aliphatic heterocycles. The van der Waals surface area contributed by atoms with Crippen LogP contribution in [-0.2, 0) is 6.18 Å². The topological polar surface area (TPSA) is 3.24 Å². The monoisotopic (exact) mass is 259 g/mol. The van der Waals surface area contributed by atoms with Gasteiger partial charge in [-0.3, -0.25) is 0 Å². The summed E-state index contributed by atoms with van der Waals surface area (Å²) in [5, 5.41) is 0. The van der Waals surface area contributed by atoms with Crippen molar-refractivity contribution in [1.82, 2.24) is 4.90 Å². The van der Waals surface area contributed by atoms with E-state index < -0.39 is 11.7 Å².